The molecule has 0 spiro atoms. The molecule has 2 unspecified atom stereocenters. The maximum absolute atomic E-state index is 12.4. The predicted octanol–water partition coefficient (Wildman–Crippen LogP) is 1.91. The number of aryl methyl sites for hydroxylation is 1. The van der Waals surface area contributed by atoms with E-state index in [0.29, 0.717) is 18.8 Å². The van der Waals surface area contributed by atoms with Gasteiger partial charge in [0.05, 0.1) is 16.7 Å². The van der Waals surface area contributed by atoms with Crippen LogP contribution in [-0.4, -0.2) is 45.9 Å². The summed E-state index contributed by atoms with van der Waals surface area (Å²) in [5.74, 6) is -0.0314. The molecule has 1 aromatic rings. The molecule has 0 aromatic carbocycles. The summed E-state index contributed by atoms with van der Waals surface area (Å²) in [5.41, 5.74) is 0.484. The Bertz CT molecular complexity index is 437. The average molecular weight is 316 g/mol. The van der Waals surface area contributed by atoms with Crippen molar-refractivity contribution in [2.45, 2.75) is 39.5 Å². The molecule has 1 aliphatic rings. The van der Waals surface area contributed by atoms with Gasteiger partial charge in [-0.25, -0.2) is 0 Å². The van der Waals surface area contributed by atoms with Crippen LogP contribution >= 0.6 is 15.9 Å². The molecular weight excluding hydrogens is 298 g/mol. The first-order valence-corrected chi connectivity index (χ1v) is 6.98. The van der Waals surface area contributed by atoms with E-state index in [1.165, 1.54) is 0 Å². The van der Waals surface area contributed by atoms with Crippen molar-refractivity contribution >= 4 is 21.8 Å². The smallest absolute Gasteiger partial charge is 0.275 e. The lowest BCUT2D eigenvalue weighted by atomic mass is 10.2. The van der Waals surface area contributed by atoms with E-state index < -0.39 is 0 Å². The van der Waals surface area contributed by atoms with E-state index >= 15 is 0 Å². The van der Waals surface area contributed by atoms with Gasteiger partial charge in [-0.1, -0.05) is 0 Å². The number of carbonyl (C=O) groups is 1. The zero-order valence-electron chi connectivity index (χ0n) is 10.9. The largest absolute Gasteiger partial charge is 0.372 e. The summed E-state index contributed by atoms with van der Waals surface area (Å²) in [4.78, 5) is 14.2. The minimum Gasteiger partial charge on any atom is -0.372 e. The minimum atomic E-state index is -0.0314. The normalized spacial score (nSPS) is 24.3. The molecule has 6 heteroatoms. The van der Waals surface area contributed by atoms with E-state index in [9.17, 15) is 4.79 Å². The van der Waals surface area contributed by atoms with Gasteiger partial charge in [-0.15, -0.1) is 0 Å². The third-order valence-electron chi connectivity index (χ3n) is 2.95. The molecule has 2 heterocycles. The highest BCUT2D eigenvalue weighted by molar-refractivity contribution is 9.10. The maximum Gasteiger partial charge on any atom is 0.275 e. The van der Waals surface area contributed by atoms with Crippen LogP contribution in [0.25, 0.3) is 0 Å². The number of nitrogens with zero attached hydrogens (tertiary/aromatic N) is 3. The number of aromatic nitrogens is 2. The van der Waals surface area contributed by atoms with Crippen LogP contribution in [0.3, 0.4) is 0 Å². The van der Waals surface area contributed by atoms with Gasteiger partial charge in [-0.05, 0) is 36.7 Å². The lowest BCUT2D eigenvalue weighted by molar-refractivity contribution is -0.0587. The van der Waals surface area contributed by atoms with Gasteiger partial charge >= 0.3 is 0 Å². The van der Waals surface area contributed by atoms with E-state index in [1.807, 2.05) is 31.9 Å². The molecule has 0 aliphatic carbocycles. The van der Waals surface area contributed by atoms with E-state index in [-0.39, 0.29) is 18.1 Å². The van der Waals surface area contributed by atoms with Crippen LogP contribution in [-0.2, 0) is 11.3 Å². The Balaban J connectivity index is 2.17. The van der Waals surface area contributed by atoms with Crippen LogP contribution in [0.15, 0.2) is 10.7 Å². The molecule has 2 rings (SSSR count). The van der Waals surface area contributed by atoms with Gasteiger partial charge in [0.15, 0.2) is 5.69 Å². The summed E-state index contributed by atoms with van der Waals surface area (Å²) in [6.45, 7) is 7.95. The topological polar surface area (TPSA) is 47.4 Å². The molecule has 0 N–H and O–H groups in total. The summed E-state index contributed by atoms with van der Waals surface area (Å²) in [7, 11) is 0. The second-order valence-electron chi connectivity index (χ2n) is 4.65. The lowest BCUT2D eigenvalue weighted by Crippen LogP contribution is -2.48. The van der Waals surface area contributed by atoms with Gasteiger partial charge < -0.3 is 9.64 Å². The molecule has 1 fully saturated rings. The Morgan fingerprint density at radius 1 is 1.50 bits per heavy atom. The average Bonchev–Trinajstić information content (AvgIpc) is 2.68. The summed E-state index contributed by atoms with van der Waals surface area (Å²) in [6, 6.07) is 0. The van der Waals surface area contributed by atoms with Crippen molar-refractivity contribution in [3.05, 3.63) is 16.4 Å². The van der Waals surface area contributed by atoms with Crippen LogP contribution in [0.2, 0.25) is 0 Å². The molecule has 1 aliphatic heterocycles. The molecule has 1 saturated heterocycles. The van der Waals surface area contributed by atoms with Gasteiger partial charge in [-0.3, -0.25) is 9.48 Å². The van der Waals surface area contributed by atoms with Gasteiger partial charge in [0.2, 0.25) is 0 Å². The van der Waals surface area contributed by atoms with Crippen molar-refractivity contribution in [3.8, 4) is 0 Å². The molecule has 0 radical (unpaired) electrons. The van der Waals surface area contributed by atoms with Crippen molar-refractivity contribution in [1.82, 2.24) is 14.7 Å². The van der Waals surface area contributed by atoms with Crippen molar-refractivity contribution in [1.29, 1.82) is 0 Å². The Hall–Kier alpha value is -0.880. The summed E-state index contributed by atoms with van der Waals surface area (Å²) < 4.78 is 8.13. The molecule has 0 saturated carbocycles. The van der Waals surface area contributed by atoms with Gasteiger partial charge in [0.25, 0.3) is 5.91 Å². The number of carbonyl (C=O) groups excluding carboxylic acids is 1. The van der Waals surface area contributed by atoms with Gasteiger partial charge in [0.1, 0.15) is 0 Å². The Morgan fingerprint density at radius 3 is 2.61 bits per heavy atom. The Kier molecular flexibility index (Phi) is 4.07. The molecule has 0 bridgehead atoms. The number of hydrogen-bond acceptors (Lipinski definition) is 3. The van der Waals surface area contributed by atoms with Crippen LogP contribution in [0.5, 0.6) is 0 Å². The molecule has 100 valence electrons. The summed E-state index contributed by atoms with van der Waals surface area (Å²) >= 11 is 3.39. The SMILES string of the molecule is CCn1cc(Br)c(C(=O)N2CC(C)OC(C)C2)n1. The Morgan fingerprint density at radius 2 is 2.11 bits per heavy atom. The molecule has 2 atom stereocenters. The molecule has 18 heavy (non-hydrogen) atoms. The Labute approximate surface area is 115 Å². The zero-order valence-corrected chi connectivity index (χ0v) is 12.5. The third kappa shape index (κ3) is 2.75. The van der Waals surface area contributed by atoms with Crippen LogP contribution in [0, 0.1) is 0 Å². The second-order valence-corrected chi connectivity index (χ2v) is 5.50. The van der Waals surface area contributed by atoms with E-state index in [4.69, 9.17) is 4.74 Å². The van der Waals surface area contributed by atoms with Crippen molar-refractivity contribution < 1.29 is 9.53 Å². The number of morpholine rings is 1. The first-order valence-electron chi connectivity index (χ1n) is 6.19. The number of amides is 1. The van der Waals surface area contributed by atoms with Gasteiger partial charge in [-0.2, -0.15) is 5.10 Å². The molecule has 1 amide bonds. The van der Waals surface area contributed by atoms with Crippen LogP contribution in [0.4, 0.5) is 0 Å². The van der Waals surface area contributed by atoms with Crippen LogP contribution < -0.4 is 0 Å². The molecule has 1 aromatic heterocycles. The standard InChI is InChI=1S/C12H18BrN3O2/c1-4-16-7-10(13)11(14-16)12(17)15-5-8(2)18-9(3)6-15/h7-9H,4-6H2,1-3H3. The highest BCUT2D eigenvalue weighted by atomic mass is 79.9. The third-order valence-corrected chi connectivity index (χ3v) is 3.53. The number of rotatable bonds is 2. The quantitative estimate of drug-likeness (QED) is 0.837. The van der Waals surface area contributed by atoms with Gasteiger partial charge in [0, 0.05) is 25.8 Å². The number of halogens is 1. The van der Waals surface area contributed by atoms with E-state index in [0.717, 1.165) is 11.0 Å². The van der Waals surface area contributed by atoms with Crippen molar-refractivity contribution in [2.75, 3.05) is 13.1 Å². The zero-order chi connectivity index (χ0) is 13.3. The maximum atomic E-state index is 12.4. The summed E-state index contributed by atoms with van der Waals surface area (Å²) in [6.07, 6.45) is 1.98. The van der Waals surface area contributed by atoms with Crippen LogP contribution in [0.1, 0.15) is 31.3 Å². The number of ether oxygens (including phenoxy) is 1. The first kappa shape index (κ1) is 13.5. The highest BCUT2D eigenvalue weighted by Gasteiger charge is 2.29. The van der Waals surface area contributed by atoms with E-state index in [2.05, 4.69) is 21.0 Å². The van der Waals surface area contributed by atoms with E-state index in [1.54, 1.807) is 4.68 Å². The molecule has 5 nitrogen and oxygen atoms in total. The van der Waals surface area contributed by atoms with Crippen molar-refractivity contribution in [3.63, 3.8) is 0 Å². The highest BCUT2D eigenvalue weighted by Crippen LogP contribution is 2.19. The summed E-state index contributed by atoms with van der Waals surface area (Å²) in [5, 5.41) is 4.29. The fourth-order valence-electron chi connectivity index (χ4n) is 2.20. The first-order chi connectivity index (χ1) is 8.51. The lowest BCUT2D eigenvalue weighted by Gasteiger charge is -2.34. The fourth-order valence-corrected chi connectivity index (χ4v) is 2.68. The number of hydrogen-bond donors (Lipinski definition) is 0. The predicted molar refractivity (Wildman–Crippen MR) is 71.5 cm³/mol. The molecular formula is C12H18BrN3O2. The second kappa shape index (κ2) is 5.40. The fraction of sp³-hybridized carbons (Fsp3) is 0.667. The minimum absolute atomic E-state index is 0.0314. The monoisotopic (exact) mass is 315 g/mol. The van der Waals surface area contributed by atoms with Crippen molar-refractivity contribution in [2.24, 2.45) is 0 Å².